The van der Waals surface area contributed by atoms with Gasteiger partial charge in [0.2, 0.25) is 5.91 Å². The molecular formula is C12H11FN2O2. The third kappa shape index (κ3) is 2.67. The predicted molar refractivity (Wildman–Crippen MR) is 58.3 cm³/mol. The molecule has 1 amide bonds. The Kier molecular flexibility index (Phi) is 3.59. The quantitative estimate of drug-likeness (QED) is 0.799. The number of carbonyl (C=O) groups excluding carboxylic acids is 2. The number of Topliss-reactive ketones (excluding diaryl/α,β-unsaturated/α-hetero) is 1. The second kappa shape index (κ2) is 4.74. The number of amides is 1. The number of primary amides is 1. The largest absolute Gasteiger partial charge is 0.368 e. The van der Waals surface area contributed by atoms with Crippen LogP contribution in [0.25, 0.3) is 0 Å². The fraction of sp³-hybridized carbons (Fsp3) is 0.250. The topological polar surface area (TPSA) is 83.9 Å². The summed E-state index contributed by atoms with van der Waals surface area (Å²) in [4.78, 5) is 22.8. The molecule has 1 aromatic rings. The van der Waals surface area contributed by atoms with E-state index in [0.717, 1.165) is 6.07 Å². The lowest BCUT2D eigenvalue weighted by Gasteiger charge is -2.16. The van der Waals surface area contributed by atoms with Crippen LogP contribution in [0.4, 0.5) is 4.39 Å². The highest BCUT2D eigenvalue weighted by Crippen LogP contribution is 2.23. The minimum Gasteiger partial charge on any atom is -0.368 e. The van der Waals surface area contributed by atoms with E-state index in [4.69, 9.17) is 11.0 Å². The SMILES string of the molecule is CC(C#N)(CC(=O)c1ccccc1F)C(N)=O. The molecule has 0 aliphatic heterocycles. The number of benzene rings is 1. The lowest BCUT2D eigenvalue weighted by molar-refractivity contribution is -0.124. The van der Waals surface area contributed by atoms with Crippen LogP contribution in [-0.2, 0) is 4.79 Å². The summed E-state index contributed by atoms with van der Waals surface area (Å²) in [5.41, 5.74) is 3.28. The average Bonchev–Trinajstić information content (AvgIpc) is 2.29. The van der Waals surface area contributed by atoms with Crippen LogP contribution >= 0.6 is 0 Å². The van der Waals surface area contributed by atoms with Gasteiger partial charge in [-0.3, -0.25) is 9.59 Å². The van der Waals surface area contributed by atoms with Crippen molar-refractivity contribution in [1.29, 1.82) is 5.26 Å². The van der Waals surface area contributed by atoms with Crippen molar-refractivity contribution in [2.45, 2.75) is 13.3 Å². The van der Waals surface area contributed by atoms with E-state index >= 15 is 0 Å². The molecule has 0 aliphatic rings. The Morgan fingerprint density at radius 1 is 1.47 bits per heavy atom. The molecule has 88 valence electrons. The van der Waals surface area contributed by atoms with Gasteiger partial charge in [-0.1, -0.05) is 12.1 Å². The highest BCUT2D eigenvalue weighted by Gasteiger charge is 2.34. The van der Waals surface area contributed by atoms with Crippen molar-refractivity contribution in [3.63, 3.8) is 0 Å². The summed E-state index contributed by atoms with van der Waals surface area (Å²) in [6.07, 6.45) is -0.431. The van der Waals surface area contributed by atoms with E-state index in [2.05, 4.69) is 0 Å². The van der Waals surface area contributed by atoms with Crippen molar-refractivity contribution in [1.82, 2.24) is 0 Å². The normalized spacial score (nSPS) is 13.5. The van der Waals surface area contributed by atoms with Gasteiger partial charge in [-0.05, 0) is 19.1 Å². The molecule has 0 radical (unpaired) electrons. The first kappa shape index (κ1) is 12.8. The molecule has 0 bridgehead atoms. The van der Waals surface area contributed by atoms with E-state index in [0.29, 0.717) is 0 Å². The molecule has 0 spiro atoms. The van der Waals surface area contributed by atoms with E-state index in [1.54, 1.807) is 6.07 Å². The number of hydrogen-bond donors (Lipinski definition) is 1. The Balaban J connectivity index is 2.99. The molecule has 0 saturated carbocycles. The van der Waals surface area contributed by atoms with Crippen molar-refractivity contribution < 1.29 is 14.0 Å². The van der Waals surface area contributed by atoms with E-state index < -0.39 is 29.3 Å². The van der Waals surface area contributed by atoms with Gasteiger partial charge >= 0.3 is 0 Å². The standard InChI is InChI=1S/C12H11FN2O2/c1-12(7-14,11(15)17)6-10(16)8-4-2-3-5-9(8)13/h2-5H,6H2,1H3,(H2,15,17). The van der Waals surface area contributed by atoms with Crippen molar-refractivity contribution in [3.8, 4) is 6.07 Å². The van der Waals surface area contributed by atoms with Crippen LogP contribution < -0.4 is 5.73 Å². The summed E-state index contributed by atoms with van der Waals surface area (Å²) >= 11 is 0. The molecule has 2 N–H and O–H groups in total. The summed E-state index contributed by atoms with van der Waals surface area (Å²) in [7, 11) is 0. The maximum absolute atomic E-state index is 13.3. The molecular weight excluding hydrogens is 223 g/mol. The first-order valence-corrected chi connectivity index (χ1v) is 4.89. The Morgan fingerprint density at radius 2 is 2.06 bits per heavy atom. The van der Waals surface area contributed by atoms with E-state index in [1.165, 1.54) is 25.1 Å². The first-order chi connectivity index (χ1) is 7.90. The van der Waals surface area contributed by atoms with Crippen LogP contribution in [0, 0.1) is 22.6 Å². The van der Waals surface area contributed by atoms with Gasteiger partial charge in [-0.2, -0.15) is 5.26 Å². The van der Waals surface area contributed by atoms with Gasteiger partial charge in [-0.25, -0.2) is 4.39 Å². The fourth-order valence-corrected chi connectivity index (χ4v) is 1.29. The van der Waals surface area contributed by atoms with Gasteiger partial charge in [0.05, 0.1) is 11.6 Å². The third-order valence-electron chi connectivity index (χ3n) is 2.48. The predicted octanol–water partition coefficient (Wildman–Crippen LogP) is 1.41. The fourth-order valence-electron chi connectivity index (χ4n) is 1.29. The van der Waals surface area contributed by atoms with Crippen LogP contribution in [-0.4, -0.2) is 11.7 Å². The summed E-state index contributed by atoms with van der Waals surface area (Å²) in [5.74, 6) is -2.20. The molecule has 0 saturated heterocycles. The van der Waals surface area contributed by atoms with Crippen LogP contribution in [0.3, 0.4) is 0 Å². The molecule has 1 unspecified atom stereocenters. The zero-order valence-corrected chi connectivity index (χ0v) is 9.24. The van der Waals surface area contributed by atoms with E-state index in [-0.39, 0.29) is 5.56 Å². The van der Waals surface area contributed by atoms with Gasteiger partial charge in [0, 0.05) is 6.42 Å². The number of nitrogens with two attached hydrogens (primary N) is 1. The van der Waals surface area contributed by atoms with Crippen molar-refractivity contribution in [2.75, 3.05) is 0 Å². The van der Waals surface area contributed by atoms with Crippen molar-refractivity contribution in [2.24, 2.45) is 11.1 Å². The maximum Gasteiger partial charge on any atom is 0.238 e. The molecule has 0 aliphatic carbocycles. The smallest absolute Gasteiger partial charge is 0.238 e. The molecule has 5 heteroatoms. The lowest BCUT2D eigenvalue weighted by atomic mass is 9.84. The molecule has 1 rings (SSSR count). The van der Waals surface area contributed by atoms with Crippen LogP contribution in [0.1, 0.15) is 23.7 Å². The van der Waals surface area contributed by atoms with Crippen molar-refractivity contribution >= 4 is 11.7 Å². The number of halogens is 1. The minimum atomic E-state index is -1.61. The van der Waals surface area contributed by atoms with Gasteiger partial charge in [0.25, 0.3) is 0 Å². The highest BCUT2D eigenvalue weighted by atomic mass is 19.1. The average molecular weight is 234 g/mol. The molecule has 0 aromatic heterocycles. The number of rotatable bonds is 4. The number of hydrogen-bond acceptors (Lipinski definition) is 3. The molecule has 17 heavy (non-hydrogen) atoms. The highest BCUT2D eigenvalue weighted by molar-refractivity contribution is 6.00. The maximum atomic E-state index is 13.3. The van der Waals surface area contributed by atoms with Gasteiger partial charge in [-0.15, -0.1) is 0 Å². The van der Waals surface area contributed by atoms with Crippen LogP contribution in [0.15, 0.2) is 24.3 Å². The summed E-state index contributed by atoms with van der Waals surface area (Å²) in [6, 6.07) is 7.07. The number of carbonyl (C=O) groups is 2. The number of ketones is 1. The molecule has 4 nitrogen and oxygen atoms in total. The van der Waals surface area contributed by atoms with Gasteiger partial charge in [0.1, 0.15) is 11.2 Å². The van der Waals surface area contributed by atoms with Gasteiger partial charge in [0.15, 0.2) is 5.78 Å². The van der Waals surface area contributed by atoms with E-state index in [9.17, 15) is 14.0 Å². The summed E-state index contributed by atoms with van der Waals surface area (Å²) < 4.78 is 13.3. The Labute approximate surface area is 97.8 Å². The third-order valence-corrected chi connectivity index (χ3v) is 2.48. The van der Waals surface area contributed by atoms with Gasteiger partial charge < -0.3 is 5.73 Å². The first-order valence-electron chi connectivity index (χ1n) is 4.89. The summed E-state index contributed by atoms with van der Waals surface area (Å²) in [5, 5.41) is 8.82. The second-order valence-corrected chi connectivity index (χ2v) is 3.89. The van der Waals surface area contributed by atoms with E-state index in [1.807, 2.05) is 0 Å². The zero-order valence-electron chi connectivity index (χ0n) is 9.24. The number of nitriles is 1. The van der Waals surface area contributed by atoms with Crippen LogP contribution in [0.2, 0.25) is 0 Å². The Hall–Kier alpha value is -2.22. The lowest BCUT2D eigenvalue weighted by Crippen LogP contribution is -2.35. The molecule has 1 atom stereocenters. The summed E-state index contributed by atoms with van der Waals surface area (Å²) in [6.45, 7) is 1.26. The van der Waals surface area contributed by atoms with Crippen molar-refractivity contribution in [3.05, 3.63) is 35.6 Å². The Bertz CT molecular complexity index is 507. The van der Waals surface area contributed by atoms with Crippen LogP contribution in [0.5, 0.6) is 0 Å². The number of nitrogens with zero attached hydrogens (tertiary/aromatic N) is 1. The monoisotopic (exact) mass is 234 g/mol. The Morgan fingerprint density at radius 3 is 2.53 bits per heavy atom. The second-order valence-electron chi connectivity index (χ2n) is 3.89. The molecule has 1 aromatic carbocycles. The molecule has 0 heterocycles. The zero-order chi connectivity index (χ0) is 13.1. The molecule has 0 fully saturated rings. The minimum absolute atomic E-state index is 0.143.